The minimum atomic E-state index is 0.0903. The molecule has 24 heavy (non-hydrogen) atoms. The number of halogens is 1. The van der Waals surface area contributed by atoms with Gasteiger partial charge in [0.25, 0.3) is 0 Å². The Hall–Kier alpha value is -1.34. The number of fused-ring (bicyclic) bond motifs is 2. The highest BCUT2D eigenvalue weighted by molar-refractivity contribution is 9.10. The third-order valence-corrected chi connectivity index (χ3v) is 6.38. The van der Waals surface area contributed by atoms with Crippen LogP contribution in [0.3, 0.4) is 0 Å². The number of carbonyl (C=O) groups is 1. The van der Waals surface area contributed by atoms with Crippen LogP contribution in [0, 0.1) is 11.8 Å². The van der Waals surface area contributed by atoms with Crippen molar-refractivity contribution >= 4 is 33.6 Å². The van der Waals surface area contributed by atoms with Crippen LogP contribution in [-0.2, 0) is 4.79 Å². The van der Waals surface area contributed by atoms with Crippen molar-refractivity contribution in [2.45, 2.75) is 36.9 Å². The Morgan fingerprint density at radius 1 is 1.29 bits per heavy atom. The number of aromatic amines is 1. The molecule has 3 atom stereocenters. The first-order valence-electron chi connectivity index (χ1n) is 8.28. The average Bonchev–Trinajstić information content (AvgIpc) is 3.30. The van der Waals surface area contributed by atoms with Gasteiger partial charge in [-0.3, -0.25) is 9.89 Å². The van der Waals surface area contributed by atoms with Crippen LogP contribution in [0.1, 0.15) is 25.7 Å². The molecule has 1 amide bonds. The van der Waals surface area contributed by atoms with E-state index in [0.29, 0.717) is 22.9 Å². The first kappa shape index (κ1) is 16.1. The molecular weight excluding hydrogens is 388 g/mol. The summed E-state index contributed by atoms with van der Waals surface area (Å²) < 4.78 is 1.03. The van der Waals surface area contributed by atoms with Gasteiger partial charge in [0.1, 0.15) is 0 Å². The number of hydrogen-bond acceptors (Lipinski definition) is 4. The molecule has 4 rings (SSSR count). The molecule has 0 spiro atoms. The van der Waals surface area contributed by atoms with E-state index in [9.17, 15) is 4.79 Å². The molecule has 0 radical (unpaired) electrons. The molecule has 7 heteroatoms. The quantitative estimate of drug-likeness (QED) is 0.743. The smallest absolute Gasteiger partial charge is 0.230 e. The van der Waals surface area contributed by atoms with Crippen molar-refractivity contribution in [3.8, 4) is 11.4 Å². The van der Waals surface area contributed by atoms with E-state index in [1.54, 1.807) is 0 Å². The summed E-state index contributed by atoms with van der Waals surface area (Å²) in [7, 11) is 0. The number of carbonyl (C=O) groups excluding carboxylic acids is 1. The Bertz CT molecular complexity index is 732. The van der Waals surface area contributed by atoms with E-state index in [1.807, 2.05) is 24.3 Å². The van der Waals surface area contributed by atoms with Crippen LogP contribution in [-0.4, -0.2) is 32.9 Å². The third kappa shape index (κ3) is 3.52. The number of nitrogens with one attached hydrogen (secondary N) is 2. The van der Waals surface area contributed by atoms with Crippen molar-refractivity contribution < 1.29 is 4.79 Å². The van der Waals surface area contributed by atoms with E-state index in [1.165, 1.54) is 31.0 Å². The van der Waals surface area contributed by atoms with Gasteiger partial charge in [0, 0.05) is 16.1 Å². The van der Waals surface area contributed by atoms with Crippen molar-refractivity contribution in [2.24, 2.45) is 11.8 Å². The minimum Gasteiger partial charge on any atom is -0.352 e. The fraction of sp³-hybridized carbons (Fsp3) is 0.471. The normalized spacial score (nSPS) is 25.1. The van der Waals surface area contributed by atoms with E-state index < -0.39 is 0 Å². The molecule has 2 aliphatic carbocycles. The molecule has 2 bridgehead atoms. The highest BCUT2D eigenvalue weighted by atomic mass is 79.9. The summed E-state index contributed by atoms with van der Waals surface area (Å²) in [5.74, 6) is 2.72. The van der Waals surface area contributed by atoms with Gasteiger partial charge in [0.05, 0.1) is 5.75 Å². The zero-order valence-electron chi connectivity index (χ0n) is 13.2. The summed E-state index contributed by atoms with van der Waals surface area (Å²) in [6.07, 6.45) is 5.09. The molecule has 2 aromatic rings. The number of benzene rings is 1. The molecule has 126 valence electrons. The highest BCUT2D eigenvalue weighted by Gasteiger charge is 2.39. The summed E-state index contributed by atoms with van der Waals surface area (Å²) in [4.78, 5) is 16.6. The van der Waals surface area contributed by atoms with Crippen molar-refractivity contribution in [1.82, 2.24) is 20.5 Å². The van der Waals surface area contributed by atoms with Gasteiger partial charge in [-0.05, 0) is 43.2 Å². The average molecular weight is 407 g/mol. The Morgan fingerprint density at radius 2 is 2.12 bits per heavy atom. The second-order valence-electron chi connectivity index (χ2n) is 6.61. The van der Waals surface area contributed by atoms with Gasteiger partial charge in [-0.25, -0.2) is 4.98 Å². The molecule has 1 aromatic heterocycles. The van der Waals surface area contributed by atoms with Crippen LogP contribution in [0.15, 0.2) is 33.9 Å². The lowest BCUT2D eigenvalue weighted by molar-refractivity contribution is -0.119. The first-order valence-corrected chi connectivity index (χ1v) is 10.1. The van der Waals surface area contributed by atoms with Gasteiger partial charge >= 0.3 is 0 Å². The Kier molecular flexibility index (Phi) is 4.63. The maximum atomic E-state index is 12.2. The summed E-state index contributed by atoms with van der Waals surface area (Å²) in [5.41, 5.74) is 0.976. The van der Waals surface area contributed by atoms with Gasteiger partial charge in [-0.15, -0.1) is 5.10 Å². The van der Waals surface area contributed by atoms with E-state index in [-0.39, 0.29) is 5.91 Å². The van der Waals surface area contributed by atoms with Crippen LogP contribution >= 0.6 is 27.7 Å². The molecule has 2 saturated carbocycles. The van der Waals surface area contributed by atoms with E-state index in [0.717, 1.165) is 28.2 Å². The zero-order valence-corrected chi connectivity index (χ0v) is 15.6. The maximum Gasteiger partial charge on any atom is 0.230 e. The zero-order chi connectivity index (χ0) is 16.5. The predicted molar refractivity (Wildman–Crippen MR) is 97.6 cm³/mol. The topological polar surface area (TPSA) is 70.7 Å². The lowest BCUT2D eigenvalue weighted by Crippen LogP contribution is -2.39. The van der Waals surface area contributed by atoms with Gasteiger partial charge < -0.3 is 5.32 Å². The standard InChI is InChI=1S/C17H19BrN4OS/c18-13-5-3-11(4-6-13)16-20-17(22-21-16)24-9-15(23)19-14-8-10-1-2-12(14)7-10/h3-6,10,12,14H,1-2,7-9H2,(H,19,23)(H,20,21,22)/t10-,12-,14-/m0/s1. The van der Waals surface area contributed by atoms with Crippen molar-refractivity contribution in [1.29, 1.82) is 0 Å². The minimum absolute atomic E-state index is 0.0903. The lowest BCUT2D eigenvalue weighted by atomic mass is 9.95. The molecule has 0 unspecified atom stereocenters. The number of amides is 1. The number of nitrogens with zero attached hydrogens (tertiary/aromatic N) is 2. The second kappa shape index (κ2) is 6.88. The molecule has 2 fully saturated rings. The predicted octanol–water partition coefficient (Wildman–Crippen LogP) is 3.63. The third-order valence-electron chi connectivity index (χ3n) is 5.00. The summed E-state index contributed by atoms with van der Waals surface area (Å²) in [6, 6.07) is 8.27. The van der Waals surface area contributed by atoms with Crippen LogP contribution in [0.4, 0.5) is 0 Å². The van der Waals surface area contributed by atoms with Crippen LogP contribution in [0.25, 0.3) is 11.4 Å². The van der Waals surface area contributed by atoms with Gasteiger partial charge in [-0.2, -0.15) is 0 Å². The Morgan fingerprint density at radius 3 is 2.83 bits per heavy atom. The Labute approximate surface area is 153 Å². The number of H-pyrrole nitrogens is 1. The van der Waals surface area contributed by atoms with E-state index in [2.05, 4.69) is 36.4 Å². The van der Waals surface area contributed by atoms with E-state index >= 15 is 0 Å². The highest BCUT2D eigenvalue weighted by Crippen LogP contribution is 2.44. The summed E-state index contributed by atoms with van der Waals surface area (Å²) >= 11 is 4.79. The largest absolute Gasteiger partial charge is 0.352 e. The Balaban J connectivity index is 1.30. The lowest BCUT2D eigenvalue weighted by Gasteiger charge is -2.22. The molecule has 1 heterocycles. The van der Waals surface area contributed by atoms with Crippen molar-refractivity contribution in [2.75, 3.05) is 5.75 Å². The molecule has 2 aliphatic rings. The number of rotatable bonds is 5. The second-order valence-corrected chi connectivity index (χ2v) is 8.47. The number of aromatic nitrogens is 3. The summed E-state index contributed by atoms with van der Waals surface area (Å²) in [6.45, 7) is 0. The van der Waals surface area contributed by atoms with Crippen molar-refractivity contribution in [3.05, 3.63) is 28.7 Å². The first-order chi connectivity index (χ1) is 11.7. The van der Waals surface area contributed by atoms with E-state index in [4.69, 9.17) is 0 Å². The molecule has 0 aliphatic heterocycles. The van der Waals surface area contributed by atoms with Gasteiger partial charge in [-0.1, -0.05) is 46.2 Å². The van der Waals surface area contributed by atoms with Crippen LogP contribution in [0.2, 0.25) is 0 Å². The van der Waals surface area contributed by atoms with Crippen molar-refractivity contribution in [3.63, 3.8) is 0 Å². The number of hydrogen-bond donors (Lipinski definition) is 2. The maximum absolute atomic E-state index is 12.2. The molecule has 0 saturated heterocycles. The molecule has 2 N–H and O–H groups in total. The SMILES string of the molecule is O=C(CSc1n[nH]c(-c2ccc(Br)cc2)n1)N[C@H]1C[C@H]2CC[C@H]1C2. The van der Waals surface area contributed by atoms with Gasteiger partial charge in [0.15, 0.2) is 5.82 Å². The fourth-order valence-electron chi connectivity index (χ4n) is 3.85. The van der Waals surface area contributed by atoms with Gasteiger partial charge in [0.2, 0.25) is 11.1 Å². The monoisotopic (exact) mass is 406 g/mol. The molecule has 5 nitrogen and oxygen atoms in total. The fourth-order valence-corrected chi connectivity index (χ4v) is 4.72. The summed E-state index contributed by atoms with van der Waals surface area (Å²) in [5, 5.41) is 10.9. The number of thioether (sulfide) groups is 1. The van der Waals surface area contributed by atoms with Crippen LogP contribution in [0.5, 0.6) is 0 Å². The molecular formula is C17H19BrN4OS. The van der Waals surface area contributed by atoms with Crippen LogP contribution < -0.4 is 5.32 Å². The molecule has 1 aromatic carbocycles.